The van der Waals surface area contributed by atoms with Crippen molar-refractivity contribution in [3.8, 4) is 5.75 Å². The second-order valence-electron chi connectivity index (χ2n) is 15.6. The summed E-state index contributed by atoms with van der Waals surface area (Å²) in [5.41, 5.74) is 5.54. The number of nitrogens with one attached hydrogen (secondary N) is 4. The third kappa shape index (κ3) is 10.7. The van der Waals surface area contributed by atoms with Gasteiger partial charge >= 0.3 is 0 Å². The zero-order valence-electron chi connectivity index (χ0n) is 36.6. The molecule has 2 saturated heterocycles. The lowest BCUT2D eigenvalue weighted by molar-refractivity contribution is 0.0898. The standard InChI is InChI=1S/C24H31N5O3.C22H25Cl2N5O3/c1-4-21(16-7-6-8-18(13-16)31-3)28-24(30)20-14-25-23-19(15-26-29(23)5-2)22(20)27-17-9-11-32-12-10-17;1-2-29-21-15(11-26-29)20(27-14-5-7-32-8-6-14)16(10-25-21)22(31)28-19(12-30)13-3-4-17(23)18(24)9-13/h6-8,13-15,17,21H,4-5,9-12H2,1-3H3,(H,25,27)(H,28,30);3-4,9-11,14,19,30H,2,5-8,12H2,1H3,(H,25,27)(H,28,31). The Kier molecular flexibility index (Phi) is 15.9. The Hall–Kier alpha value is -5.52. The van der Waals surface area contributed by atoms with Crippen LogP contribution >= 0.6 is 23.2 Å². The van der Waals surface area contributed by atoms with Crippen molar-refractivity contribution in [1.82, 2.24) is 40.2 Å². The highest BCUT2D eigenvalue weighted by Crippen LogP contribution is 2.32. The van der Waals surface area contributed by atoms with E-state index in [9.17, 15) is 14.7 Å². The van der Waals surface area contributed by atoms with Gasteiger partial charge < -0.3 is 40.6 Å². The van der Waals surface area contributed by atoms with Gasteiger partial charge in [-0.2, -0.15) is 10.2 Å². The first kappa shape index (κ1) is 46.5. The Morgan fingerprint density at radius 3 is 1.72 bits per heavy atom. The number of ether oxygens (including phenoxy) is 3. The van der Waals surface area contributed by atoms with Gasteiger partial charge in [-0.1, -0.05) is 48.3 Å². The molecule has 0 saturated carbocycles. The molecule has 6 aromatic rings. The van der Waals surface area contributed by atoms with Gasteiger partial charge in [-0.05, 0) is 81.3 Å². The van der Waals surface area contributed by atoms with E-state index in [1.54, 1.807) is 54.8 Å². The minimum absolute atomic E-state index is 0.136. The number of pyridine rings is 2. The highest BCUT2D eigenvalue weighted by Gasteiger charge is 2.26. The molecule has 2 aliphatic heterocycles. The molecule has 2 atom stereocenters. The van der Waals surface area contributed by atoms with E-state index >= 15 is 0 Å². The minimum atomic E-state index is -0.651. The summed E-state index contributed by atoms with van der Waals surface area (Å²) in [6.45, 7) is 9.94. The maximum absolute atomic E-state index is 13.5. The number of nitrogens with zero attached hydrogens (tertiary/aromatic N) is 6. The Morgan fingerprint density at radius 2 is 1.25 bits per heavy atom. The molecule has 16 nitrogen and oxygen atoms in total. The first-order valence-corrected chi connectivity index (χ1v) is 22.6. The van der Waals surface area contributed by atoms with Gasteiger partial charge in [0.2, 0.25) is 0 Å². The molecule has 2 amide bonds. The zero-order valence-corrected chi connectivity index (χ0v) is 38.1. The number of halogens is 2. The predicted octanol–water partition coefficient (Wildman–Crippen LogP) is 7.74. The molecule has 8 rings (SSSR count). The number of carbonyl (C=O) groups excluding carboxylic acids is 2. The molecule has 2 aromatic carbocycles. The van der Waals surface area contributed by atoms with Crippen molar-refractivity contribution in [2.45, 2.75) is 90.1 Å². The third-order valence-corrected chi connectivity index (χ3v) is 12.3. The van der Waals surface area contributed by atoms with Gasteiger partial charge in [0.15, 0.2) is 11.3 Å². The van der Waals surface area contributed by atoms with Crippen LogP contribution in [-0.4, -0.2) is 98.7 Å². The van der Waals surface area contributed by atoms with Crippen LogP contribution in [0.15, 0.2) is 67.3 Å². The lowest BCUT2D eigenvalue weighted by atomic mass is 10.0. The van der Waals surface area contributed by atoms with Gasteiger partial charge in [-0.3, -0.25) is 9.59 Å². The topological polar surface area (TPSA) is 192 Å². The van der Waals surface area contributed by atoms with Crippen LogP contribution in [0, 0.1) is 0 Å². The maximum Gasteiger partial charge on any atom is 0.255 e. The smallest absolute Gasteiger partial charge is 0.255 e. The fourth-order valence-electron chi connectivity index (χ4n) is 7.98. The van der Waals surface area contributed by atoms with E-state index in [-0.39, 0.29) is 36.5 Å². The van der Waals surface area contributed by atoms with E-state index < -0.39 is 6.04 Å². The SMILES string of the molecule is CCC(NC(=O)c1cnc2c(cnn2CC)c1NC1CCOCC1)c1cccc(OC)c1.CCn1ncc2c(NC3CCOCC3)c(C(=O)NC(CO)c3ccc(Cl)c(Cl)c3)cnc21. The summed E-state index contributed by atoms with van der Waals surface area (Å²) in [6.07, 6.45) is 11.0. The molecule has 64 heavy (non-hydrogen) atoms. The van der Waals surface area contributed by atoms with E-state index in [4.69, 9.17) is 37.4 Å². The largest absolute Gasteiger partial charge is 0.497 e. The average molecular weight is 916 g/mol. The summed E-state index contributed by atoms with van der Waals surface area (Å²) < 4.78 is 19.9. The van der Waals surface area contributed by atoms with Gasteiger partial charge in [-0.15, -0.1) is 0 Å². The highest BCUT2D eigenvalue weighted by atomic mass is 35.5. The first-order chi connectivity index (χ1) is 31.2. The van der Waals surface area contributed by atoms with Crippen LogP contribution in [0.25, 0.3) is 22.1 Å². The van der Waals surface area contributed by atoms with Crippen LogP contribution in [0.2, 0.25) is 10.0 Å². The van der Waals surface area contributed by atoms with Crippen molar-refractivity contribution in [1.29, 1.82) is 0 Å². The molecule has 18 heteroatoms. The van der Waals surface area contributed by atoms with Crippen molar-refractivity contribution in [2.24, 2.45) is 0 Å². The molecule has 4 aromatic heterocycles. The van der Waals surface area contributed by atoms with Gasteiger partial charge in [0.25, 0.3) is 11.8 Å². The quantitative estimate of drug-likeness (QED) is 0.0675. The highest BCUT2D eigenvalue weighted by molar-refractivity contribution is 6.42. The number of rotatable bonds is 15. The monoisotopic (exact) mass is 914 g/mol. The summed E-state index contributed by atoms with van der Waals surface area (Å²) in [4.78, 5) is 35.8. The van der Waals surface area contributed by atoms with Crippen LogP contribution in [0.5, 0.6) is 5.75 Å². The number of aliphatic hydroxyl groups is 1. The number of carbonyl (C=O) groups is 2. The fraction of sp³-hybridized carbons (Fsp3) is 0.435. The van der Waals surface area contributed by atoms with Gasteiger partial charge in [0.05, 0.1) is 81.5 Å². The number of hydrogen-bond donors (Lipinski definition) is 5. The molecule has 0 radical (unpaired) electrons. The Labute approximate surface area is 382 Å². The molecular weight excluding hydrogens is 859 g/mol. The van der Waals surface area contributed by atoms with E-state index in [2.05, 4.69) is 48.4 Å². The average Bonchev–Trinajstić information content (AvgIpc) is 3.96. The van der Waals surface area contributed by atoms with Gasteiger partial charge in [-0.25, -0.2) is 19.3 Å². The Balaban J connectivity index is 0.000000191. The Bertz CT molecular complexity index is 2540. The second-order valence-corrected chi connectivity index (χ2v) is 16.5. The van der Waals surface area contributed by atoms with Crippen molar-refractivity contribution >= 4 is 68.5 Å². The van der Waals surface area contributed by atoms with Crippen molar-refractivity contribution in [3.05, 3.63) is 99.6 Å². The van der Waals surface area contributed by atoms with E-state index in [1.165, 1.54) is 0 Å². The lowest BCUT2D eigenvalue weighted by Crippen LogP contribution is -2.33. The molecule has 340 valence electrons. The van der Waals surface area contributed by atoms with Gasteiger partial charge in [0, 0.05) is 64.0 Å². The summed E-state index contributed by atoms with van der Waals surface area (Å²) in [5, 5.41) is 34.4. The number of aromatic nitrogens is 6. The fourth-order valence-corrected chi connectivity index (χ4v) is 8.29. The number of aliphatic hydroxyl groups excluding tert-OH is 1. The van der Waals surface area contributed by atoms with Gasteiger partial charge in [0.1, 0.15) is 5.75 Å². The van der Waals surface area contributed by atoms with Crippen LogP contribution < -0.4 is 26.0 Å². The van der Waals surface area contributed by atoms with Crippen LogP contribution in [0.3, 0.4) is 0 Å². The summed E-state index contributed by atoms with van der Waals surface area (Å²) in [7, 11) is 1.64. The second kappa shape index (κ2) is 21.9. The summed E-state index contributed by atoms with van der Waals surface area (Å²) in [5.74, 6) is 0.253. The number of amides is 2. The maximum atomic E-state index is 13.5. The molecule has 0 spiro atoms. The zero-order chi connectivity index (χ0) is 45.2. The number of fused-ring (bicyclic) bond motifs is 2. The molecule has 2 fully saturated rings. The van der Waals surface area contributed by atoms with Crippen molar-refractivity contribution < 1.29 is 28.9 Å². The van der Waals surface area contributed by atoms with Crippen LogP contribution in [0.1, 0.15) is 96.8 Å². The van der Waals surface area contributed by atoms with E-state index in [0.29, 0.717) is 64.4 Å². The van der Waals surface area contributed by atoms with Crippen molar-refractivity contribution in [2.75, 3.05) is 50.8 Å². The predicted molar refractivity (Wildman–Crippen MR) is 249 cm³/mol. The minimum Gasteiger partial charge on any atom is -0.497 e. The van der Waals surface area contributed by atoms with E-state index in [0.717, 1.165) is 78.7 Å². The lowest BCUT2D eigenvalue weighted by Gasteiger charge is -2.26. The normalized spacial score (nSPS) is 15.5. The molecular formula is C46H56Cl2N10O6. The van der Waals surface area contributed by atoms with Crippen molar-refractivity contribution in [3.63, 3.8) is 0 Å². The van der Waals surface area contributed by atoms with Crippen LogP contribution in [0.4, 0.5) is 11.4 Å². The molecule has 2 unspecified atom stereocenters. The summed E-state index contributed by atoms with van der Waals surface area (Å²) >= 11 is 12.1. The van der Waals surface area contributed by atoms with Crippen LogP contribution in [-0.2, 0) is 22.6 Å². The molecule has 2 aliphatic rings. The number of anilines is 2. The third-order valence-electron chi connectivity index (χ3n) is 11.6. The molecule has 0 aliphatic carbocycles. The number of methoxy groups -OCH3 is 1. The number of aryl methyl sites for hydroxylation is 2. The molecule has 5 N–H and O–H groups in total. The number of hydrogen-bond acceptors (Lipinski definition) is 12. The first-order valence-electron chi connectivity index (χ1n) is 21.8. The molecule has 6 heterocycles. The Morgan fingerprint density at radius 1 is 0.734 bits per heavy atom. The summed E-state index contributed by atoms with van der Waals surface area (Å²) in [6, 6.07) is 12.4. The van der Waals surface area contributed by atoms with E-state index in [1.807, 2.05) is 42.8 Å². The number of benzene rings is 2. The molecule has 0 bridgehead atoms.